The lowest BCUT2D eigenvalue weighted by Gasteiger charge is -2.24. The van der Waals surface area contributed by atoms with E-state index in [9.17, 15) is 0 Å². The van der Waals surface area contributed by atoms with Crippen LogP contribution in [-0.4, -0.2) is 50.8 Å². The highest BCUT2D eigenvalue weighted by atomic mass is 16.5. The Morgan fingerprint density at radius 1 is 1.50 bits per heavy atom. The van der Waals surface area contributed by atoms with Gasteiger partial charge >= 0.3 is 0 Å². The Bertz CT molecular complexity index is 148. The van der Waals surface area contributed by atoms with Crippen LogP contribution >= 0.6 is 0 Å². The highest BCUT2D eigenvalue weighted by Gasteiger charge is 2.20. The Balaban J connectivity index is 1.97. The third-order valence-electron chi connectivity index (χ3n) is 2.97. The van der Waals surface area contributed by atoms with Gasteiger partial charge in [0.05, 0.1) is 0 Å². The Hall–Kier alpha value is -0.120. The number of nitrogens with one attached hydrogen (secondary N) is 1. The fourth-order valence-corrected chi connectivity index (χ4v) is 1.46. The fourth-order valence-electron chi connectivity index (χ4n) is 1.46. The number of hydrogen-bond acceptors (Lipinski definition) is 3. The van der Waals surface area contributed by atoms with E-state index in [2.05, 4.69) is 24.2 Å². The van der Waals surface area contributed by atoms with Crippen molar-refractivity contribution in [2.45, 2.75) is 38.3 Å². The van der Waals surface area contributed by atoms with Crippen LogP contribution in [0.1, 0.15) is 26.2 Å². The molecule has 0 amide bonds. The van der Waals surface area contributed by atoms with Gasteiger partial charge in [-0.3, -0.25) is 0 Å². The number of ether oxygens (including phenoxy) is 1. The van der Waals surface area contributed by atoms with E-state index >= 15 is 0 Å². The second kappa shape index (κ2) is 6.38. The molecule has 1 fully saturated rings. The van der Waals surface area contributed by atoms with Crippen molar-refractivity contribution < 1.29 is 4.74 Å². The molecule has 1 aliphatic carbocycles. The largest absolute Gasteiger partial charge is 0.385 e. The quantitative estimate of drug-likeness (QED) is 0.635. The van der Waals surface area contributed by atoms with Gasteiger partial charge in [-0.2, -0.15) is 0 Å². The molecule has 1 saturated carbocycles. The van der Waals surface area contributed by atoms with Gasteiger partial charge in [0.2, 0.25) is 0 Å². The molecule has 3 nitrogen and oxygen atoms in total. The van der Waals surface area contributed by atoms with E-state index in [1.807, 2.05) is 0 Å². The monoisotopic (exact) mass is 200 g/mol. The van der Waals surface area contributed by atoms with E-state index in [1.165, 1.54) is 12.8 Å². The summed E-state index contributed by atoms with van der Waals surface area (Å²) >= 11 is 0. The van der Waals surface area contributed by atoms with Crippen molar-refractivity contribution in [2.75, 3.05) is 33.9 Å². The first kappa shape index (κ1) is 12.0. The van der Waals surface area contributed by atoms with Gasteiger partial charge in [0, 0.05) is 38.9 Å². The smallest absolute Gasteiger partial charge is 0.0477 e. The van der Waals surface area contributed by atoms with Gasteiger partial charge < -0.3 is 15.0 Å². The highest BCUT2D eigenvalue weighted by Crippen LogP contribution is 2.18. The molecule has 0 aromatic rings. The summed E-state index contributed by atoms with van der Waals surface area (Å²) in [5.74, 6) is 0. The van der Waals surface area contributed by atoms with Crippen molar-refractivity contribution in [3.63, 3.8) is 0 Å². The zero-order valence-electron chi connectivity index (χ0n) is 9.75. The van der Waals surface area contributed by atoms with Gasteiger partial charge in [0.15, 0.2) is 0 Å². The van der Waals surface area contributed by atoms with E-state index in [0.29, 0.717) is 6.04 Å². The zero-order valence-corrected chi connectivity index (χ0v) is 9.75. The van der Waals surface area contributed by atoms with Crippen molar-refractivity contribution in [3.05, 3.63) is 0 Å². The van der Waals surface area contributed by atoms with Crippen molar-refractivity contribution >= 4 is 0 Å². The zero-order chi connectivity index (χ0) is 10.4. The third-order valence-corrected chi connectivity index (χ3v) is 2.97. The maximum absolute atomic E-state index is 5.07. The minimum atomic E-state index is 0.621. The maximum atomic E-state index is 5.07. The van der Waals surface area contributed by atoms with Crippen molar-refractivity contribution in [1.82, 2.24) is 10.2 Å². The van der Waals surface area contributed by atoms with Crippen LogP contribution in [0.25, 0.3) is 0 Å². The summed E-state index contributed by atoms with van der Waals surface area (Å²) in [7, 11) is 3.95. The summed E-state index contributed by atoms with van der Waals surface area (Å²) in [4.78, 5) is 2.40. The SMILES string of the molecule is COCCC(C)N(C)CCNC1CC1. The Labute approximate surface area is 87.8 Å². The van der Waals surface area contributed by atoms with Crippen LogP contribution in [0.2, 0.25) is 0 Å². The molecule has 1 unspecified atom stereocenters. The summed E-state index contributed by atoms with van der Waals surface area (Å²) in [6.45, 7) is 5.39. The normalized spacial score (nSPS) is 18.9. The van der Waals surface area contributed by atoms with Gasteiger partial charge in [-0.15, -0.1) is 0 Å². The number of nitrogens with zero attached hydrogens (tertiary/aromatic N) is 1. The Morgan fingerprint density at radius 3 is 2.79 bits per heavy atom. The van der Waals surface area contributed by atoms with Gasteiger partial charge in [-0.05, 0) is 33.2 Å². The Morgan fingerprint density at radius 2 is 2.21 bits per heavy atom. The lowest BCUT2D eigenvalue weighted by atomic mass is 10.2. The standard InChI is InChI=1S/C11H24N2O/c1-10(6-9-14-3)13(2)8-7-12-11-4-5-11/h10-12H,4-9H2,1-3H3. The van der Waals surface area contributed by atoms with E-state index < -0.39 is 0 Å². The molecule has 1 atom stereocenters. The molecule has 0 radical (unpaired) electrons. The van der Waals surface area contributed by atoms with Crippen molar-refractivity contribution in [1.29, 1.82) is 0 Å². The Kier molecular flexibility index (Phi) is 5.45. The van der Waals surface area contributed by atoms with Crippen molar-refractivity contribution in [2.24, 2.45) is 0 Å². The predicted molar refractivity (Wildman–Crippen MR) is 59.6 cm³/mol. The molecule has 1 N–H and O–H groups in total. The van der Waals surface area contributed by atoms with E-state index in [-0.39, 0.29) is 0 Å². The molecule has 0 heterocycles. The van der Waals surface area contributed by atoms with Crippen LogP contribution in [0.4, 0.5) is 0 Å². The fraction of sp³-hybridized carbons (Fsp3) is 1.00. The van der Waals surface area contributed by atoms with Crippen LogP contribution < -0.4 is 5.32 Å². The summed E-state index contributed by atoms with van der Waals surface area (Å²) in [6, 6.07) is 1.45. The molecule has 0 spiro atoms. The molecule has 0 aromatic heterocycles. The molecule has 1 aliphatic rings. The van der Waals surface area contributed by atoms with Crippen LogP contribution in [0.15, 0.2) is 0 Å². The van der Waals surface area contributed by atoms with Crippen LogP contribution in [0.3, 0.4) is 0 Å². The van der Waals surface area contributed by atoms with E-state index in [0.717, 1.165) is 32.2 Å². The molecule has 3 heteroatoms. The number of hydrogen-bond donors (Lipinski definition) is 1. The summed E-state index contributed by atoms with van der Waals surface area (Å²) in [5.41, 5.74) is 0. The molecule has 0 aromatic carbocycles. The molecular formula is C11H24N2O. The molecule has 14 heavy (non-hydrogen) atoms. The first-order chi connectivity index (χ1) is 6.74. The maximum Gasteiger partial charge on any atom is 0.0477 e. The highest BCUT2D eigenvalue weighted by molar-refractivity contribution is 4.81. The molecule has 84 valence electrons. The van der Waals surface area contributed by atoms with Gasteiger partial charge in [-0.25, -0.2) is 0 Å². The van der Waals surface area contributed by atoms with E-state index in [4.69, 9.17) is 4.74 Å². The molecule has 1 rings (SSSR count). The minimum Gasteiger partial charge on any atom is -0.385 e. The lowest BCUT2D eigenvalue weighted by molar-refractivity contribution is 0.153. The van der Waals surface area contributed by atoms with Crippen LogP contribution in [0, 0.1) is 0 Å². The molecular weight excluding hydrogens is 176 g/mol. The first-order valence-corrected chi connectivity index (χ1v) is 5.66. The topological polar surface area (TPSA) is 24.5 Å². The number of likely N-dealkylation sites (N-methyl/N-ethyl adjacent to an activating group) is 1. The number of rotatable bonds is 8. The number of methoxy groups -OCH3 is 1. The van der Waals surface area contributed by atoms with Crippen molar-refractivity contribution in [3.8, 4) is 0 Å². The van der Waals surface area contributed by atoms with Crippen LogP contribution in [0.5, 0.6) is 0 Å². The average molecular weight is 200 g/mol. The second-order valence-electron chi connectivity index (χ2n) is 4.34. The molecule has 0 saturated heterocycles. The van der Waals surface area contributed by atoms with Crippen LogP contribution in [-0.2, 0) is 4.74 Å². The first-order valence-electron chi connectivity index (χ1n) is 5.66. The minimum absolute atomic E-state index is 0.621. The van der Waals surface area contributed by atoms with Gasteiger partial charge in [0.1, 0.15) is 0 Å². The van der Waals surface area contributed by atoms with E-state index in [1.54, 1.807) is 7.11 Å². The summed E-state index contributed by atoms with van der Waals surface area (Å²) < 4.78 is 5.07. The van der Waals surface area contributed by atoms with Gasteiger partial charge in [0.25, 0.3) is 0 Å². The van der Waals surface area contributed by atoms with Gasteiger partial charge in [-0.1, -0.05) is 0 Å². The average Bonchev–Trinajstić information content (AvgIpc) is 2.97. The second-order valence-corrected chi connectivity index (χ2v) is 4.34. The molecule has 0 aliphatic heterocycles. The third kappa shape index (κ3) is 4.94. The summed E-state index contributed by atoms with van der Waals surface area (Å²) in [6.07, 6.45) is 3.88. The lowest BCUT2D eigenvalue weighted by Crippen LogP contribution is -2.36. The summed E-state index contributed by atoms with van der Waals surface area (Å²) in [5, 5.41) is 3.53. The predicted octanol–water partition coefficient (Wildman–Crippen LogP) is 1.10. The molecule has 0 bridgehead atoms.